The van der Waals surface area contributed by atoms with Crippen LogP contribution in [0.1, 0.15) is 61.1 Å². The number of nitrogens with zero attached hydrogens (tertiary/aromatic N) is 8. The van der Waals surface area contributed by atoms with Gasteiger partial charge in [0.15, 0.2) is 5.82 Å². The number of rotatable bonds is 9. The molecule has 12 nitrogen and oxygen atoms in total. The molecule has 1 aromatic carbocycles. The van der Waals surface area contributed by atoms with Crippen LogP contribution < -0.4 is 15.4 Å². The van der Waals surface area contributed by atoms with Crippen molar-refractivity contribution in [3.63, 3.8) is 0 Å². The number of hydrogen-bond donors (Lipinski definition) is 2. The molecule has 49 heavy (non-hydrogen) atoms. The van der Waals surface area contributed by atoms with Gasteiger partial charge in [-0.1, -0.05) is 0 Å². The van der Waals surface area contributed by atoms with Crippen molar-refractivity contribution in [1.29, 1.82) is 5.41 Å². The van der Waals surface area contributed by atoms with E-state index in [1.165, 1.54) is 25.4 Å². The van der Waals surface area contributed by atoms with E-state index in [0.717, 1.165) is 78.2 Å². The monoisotopic (exact) mass is 658 g/mol. The summed E-state index contributed by atoms with van der Waals surface area (Å²) in [6.45, 7) is 5.50. The Labute approximate surface area is 284 Å². The Morgan fingerprint density at radius 3 is 2.78 bits per heavy atom. The van der Waals surface area contributed by atoms with E-state index in [2.05, 4.69) is 43.1 Å². The van der Waals surface area contributed by atoms with Crippen molar-refractivity contribution in [3.8, 4) is 17.3 Å². The average Bonchev–Trinajstić information content (AvgIpc) is 3.49. The lowest BCUT2D eigenvalue weighted by atomic mass is 9.99. The highest BCUT2D eigenvalue weighted by Crippen LogP contribution is 2.43. The van der Waals surface area contributed by atoms with E-state index in [1.807, 2.05) is 35.5 Å². The van der Waals surface area contributed by atoms with Crippen molar-refractivity contribution in [1.82, 2.24) is 34.0 Å². The third kappa shape index (κ3) is 4.90. The molecule has 4 aromatic heterocycles. The number of fused-ring (bicyclic) bond motifs is 4. The second-order valence-electron chi connectivity index (χ2n) is 14.5. The minimum absolute atomic E-state index is 0.00226. The molecule has 4 aliphatic rings. The first-order chi connectivity index (χ1) is 23.9. The number of pyridine rings is 1. The Bertz CT molecular complexity index is 2100. The standard InChI is InChI=1S/C37H42N10O2/c1-21(24-9-11-44(18-24)31-16-40-20-42-28(31)15-38)47-34-27(12-26(14-32(34)49-2)37(48)46-19-25-7-8-29(46)33(25)39)43-36(47)30-13-23-4-3-10-41-35(23)45(30)17-22-5-6-22/h3-4,10,12-16,20-22,24-25,29,33,38H,5-9,11,17-19,39H2,1-2H3/t21-,24+,25?,29?,33+/m0/s1. The number of aromatic nitrogens is 6. The lowest BCUT2D eigenvalue weighted by molar-refractivity contribution is 0.0700. The Morgan fingerprint density at radius 1 is 1.14 bits per heavy atom. The van der Waals surface area contributed by atoms with Crippen LogP contribution in [-0.2, 0) is 6.54 Å². The van der Waals surface area contributed by atoms with E-state index in [0.29, 0.717) is 35.4 Å². The fraction of sp³-hybridized carbons (Fsp3) is 0.459. The number of imidazole rings is 1. The van der Waals surface area contributed by atoms with E-state index in [1.54, 1.807) is 7.11 Å². The molecule has 2 saturated carbocycles. The highest BCUT2D eigenvalue weighted by Gasteiger charge is 2.47. The quantitative estimate of drug-likeness (QED) is 0.213. The highest BCUT2D eigenvalue weighted by atomic mass is 16.5. The van der Waals surface area contributed by atoms with Crippen molar-refractivity contribution in [2.45, 2.75) is 63.7 Å². The van der Waals surface area contributed by atoms with Gasteiger partial charge in [-0.25, -0.2) is 19.9 Å². The number of anilines is 1. The largest absolute Gasteiger partial charge is 0.494 e. The summed E-state index contributed by atoms with van der Waals surface area (Å²) in [4.78, 5) is 37.1. The summed E-state index contributed by atoms with van der Waals surface area (Å²) >= 11 is 0. The second-order valence-corrected chi connectivity index (χ2v) is 14.5. The minimum Gasteiger partial charge on any atom is -0.494 e. The zero-order chi connectivity index (χ0) is 33.4. The van der Waals surface area contributed by atoms with Crippen molar-refractivity contribution >= 4 is 39.9 Å². The van der Waals surface area contributed by atoms with Gasteiger partial charge < -0.3 is 34.8 Å². The molecular formula is C37H42N10O2. The highest BCUT2D eigenvalue weighted by molar-refractivity contribution is 6.00. The molecule has 0 radical (unpaired) electrons. The van der Waals surface area contributed by atoms with Gasteiger partial charge in [-0.3, -0.25) is 4.79 Å². The molecular weight excluding hydrogens is 616 g/mol. The topological polar surface area (TPSA) is 144 Å². The molecule has 3 N–H and O–H groups in total. The molecule has 0 spiro atoms. The fourth-order valence-electron chi connectivity index (χ4n) is 8.81. The number of nitrogens with one attached hydrogen (secondary N) is 1. The van der Waals surface area contributed by atoms with E-state index >= 15 is 0 Å². The van der Waals surface area contributed by atoms with Gasteiger partial charge in [0.1, 0.15) is 28.9 Å². The smallest absolute Gasteiger partial charge is 0.254 e. The Kier molecular flexibility index (Phi) is 7.19. The molecule has 5 aromatic rings. The number of carbonyl (C=O) groups is 1. The Morgan fingerprint density at radius 2 is 2.02 bits per heavy atom. The predicted octanol–water partition coefficient (Wildman–Crippen LogP) is 4.91. The van der Waals surface area contributed by atoms with Crippen LogP contribution in [0.3, 0.4) is 0 Å². The van der Waals surface area contributed by atoms with Crippen LogP contribution in [0.2, 0.25) is 0 Å². The number of nitrogens with two attached hydrogens (primary N) is 1. The van der Waals surface area contributed by atoms with Crippen LogP contribution >= 0.6 is 0 Å². The summed E-state index contributed by atoms with van der Waals surface area (Å²) in [6, 6.07) is 10.3. The van der Waals surface area contributed by atoms with E-state index in [-0.39, 0.29) is 30.0 Å². The van der Waals surface area contributed by atoms with Gasteiger partial charge in [0, 0.05) is 67.7 Å². The molecule has 2 bridgehead atoms. The lowest BCUT2D eigenvalue weighted by Crippen LogP contribution is -2.41. The fourth-order valence-corrected chi connectivity index (χ4v) is 8.81. The molecule has 4 fully saturated rings. The van der Waals surface area contributed by atoms with Crippen LogP contribution in [0.4, 0.5) is 5.69 Å². The van der Waals surface area contributed by atoms with Crippen molar-refractivity contribution < 1.29 is 9.53 Å². The third-order valence-electron chi connectivity index (χ3n) is 11.7. The number of carbonyl (C=O) groups excluding carboxylic acids is 1. The Hall–Kier alpha value is -4.84. The maximum atomic E-state index is 14.1. The maximum absolute atomic E-state index is 14.1. The maximum Gasteiger partial charge on any atom is 0.254 e. The molecule has 2 aliphatic carbocycles. The first kappa shape index (κ1) is 30.2. The molecule has 5 atom stereocenters. The van der Waals surface area contributed by atoms with Crippen molar-refractivity contribution in [2.75, 3.05) is 31.6 Å². The van der Waals surface area contributed by atoms with E-state index in [9.17, 15) is 4.79 Å². The summed E-state index contributed by atoms with van der Waals surface area (Å²) in [5.41, 5.74) is 12.2. The number of likely N-dealkylation sites (tertiary alicyclic amines) is 1. The molecule has 2 unspecified atom stereocenters. The molecule has 9 rings (SSSR count). The minimum atomic E-state index is -0.00226. The predicted molar refractivity (Wildman–Crippen MR) is 188 cm³/mol. The third-order valence-corrected chi connectivity index (χ3v) is 11.7. The van der Waals surface area contributed by atoms with Gasteiger partial charge in [-0.15, -0.1) is 0 Å². The summed E-state index contributed by atoms with van der Waals surface area (Å²) in [7, 11) is 1.68. The van der Waals surface area contributed by atoms with Crippen LogP contribution in [0.15, 0.2) is 49.1 Å². The van der Waals surface area contributed by atoms with Gasteiger partial charge in [-0.05, 0) is 87.1 Å². The molecule has 2 saturated heterocycles. The van der Waals surface area contributed by atoms with Crippen molar-refractivity contribution in [3.05, 3.63) is 60.3 Å². The van der Waals surface area contributed by atoms with Gasteiger partial charge in [0.05, 0.1) is 30.2 Å². The number of benzene rings is 1. The zero-order valence-corrected chi connectivity index (χ0v) is 28.0. The number of hydrogen-bond acceptors (Lipinski definition) is 9. The molecule has 252 valence electrons. The zero-order valence-electron chi connectivity index (χ0n) is 28.0. The Balaban J connectivity index is 1.18. The van der Waals surface area contributed by atoms with Gasteiger partial charge in [0.25, 0.3) is 5.91 Å². The number of amides is 1. The summed E-state index contributed by atoms with van der Waals surface area (Å²) < 4.78 is 10.8. The summed E-state index contributed by atoms with van der Waals surface area (Å²) in [5.74, 6) is 2.76. The van der Waals surface area contributed by atoms with Gasteiger partial charge >= 0.3 is 0 Å². The lowest BCUT2D eigenvalue weighted by Gasteiger charge is -2.28. The summed E-state index contributed by atoms with van der Waals surface area (Å²) in [6.07, 6.45) is 11.9. The van der Waals surface area contributed by atoms with Crippen molar-refractivity contribution in [2.24, 2.45) is 23.5 Å². The summed E-state index contributed by atoms with van der Waals surface area (Å²) in [5, 5.41) is 8.99. The number of ether oxygens (including phenoxy) is 1. The van der Waals surface area contributed by atoms with Crippen LogP contribution in [-0.4, -0.2) is 84.9 Å². The van der Waals surface area contributed by atoms with Gasteiger partial charge in [-0.2, -0.15) is 0 Å². The molecule has 1 amide bonds. The van der Waals surface area contributed by atoms with Crippen LogP contribution in [0.25, 0.3) is 33.6 Å². The number of methoxy groups -OCH3 is 1. The SMILES string of the molecule is COc1cc(C(=O)N2CC3CCC2[C@@H]3N)cc2nc(-c3cc4cccnc4n3CC3CC3)n([C@@H](C)[C@@H]3CCN(c4cncnc4C=N)C3)c12. The first-order valence-electron chi connectivity index (χ1n) is 17.6. The average molecular weight is 659 g/mol. The van der Waals surface area contributed by atoms with Gasteiger partial charge in [0.2, 0.25) is 0 Å². The van der Waals surface area contributed by atoms with E-state index < -0.39 is 0 Å². The van der Waals surface area contributed by atoms with Crippen LogP contribution in [0.5, 0.6) is 5.75 Å². The van der Waals surface area contributed by atoms with E-state index in [4.69, 9.17) is 25.8 Å². The normalized spacial score (nSPS) is 24.0. The molecule has 12 heteroatoms. The first-order valence-corrected chi connectivity index (χ1v) is 17.6. The molecule has 2 aliphatic heterocycles. The number of piperidine rings is 1. The molecule has 6 heterocycles. The van der Waals surface area contributed by atoms with Crippen LogP contribution in [0, 0.1) is 23.2 Å². The second kappa shape index (κ2) is 11.6.